The number of amides is 1. The summed E-state index contributed by atoms with van der Waals surface area (Å²) in [6, 6.07) is 12.9. The van der Waals surface area contributed by atoms with E-state index in [1.54, 1.807) is 36.4 Å². The van der Waals surface area contributed by atoms with Crippen LogP contribution in [0.3, 0.4) is 0 Å². The first kappa shape index (κ1) is 27.2. The third kappa shape index (κ3) is 8.09. The minimum Gasteiger partial charge on any atom is -0.494 e. The Labute approximate surface area is 207 Å². The van der Waals surface area contributed by atoms with E-state index in [1.807, 2.05) is 0 Å². The first-order valence-electron chi connectivity index (χ1n) is 10.8. The maximum absolute atomic E-state index is 12.8. The number of hydrogen-bond donors (Lipinski definition) is 2. The first-order valence-corrected chi connectivity index (χ1v) is 12.7. The summed E-state index contributed by atoms with van der Waals surface area (Å²) in [6.45, 7) is 12.4. The summed E-state index contributed by atoms with van der Waals surface area (Å²) in [5, 5.41) is 5.59. The lowest BCUT2D eigenvalue weighted by Gasteiger charge is -2.19. The van der Waals surface area contributed by atoms with Crippen LogP contribution in [-0.2, 0) is 10.0 Å². The van der Waals surface area contributed by atoms with Crippen molar-refractivity contribution in [3.8, 4) is 5.75 Å². The molecular weight excluding hydrogens is 470 g/mol. The molecule has 7 nitrogen and oxygen atoms in total. The van der Waals surface area contributed by atoms with Gasteiger partial charge in [-0.1, -0.05) is 26.0 Å². The third-order valence-corrected chi connectivity index (χ3v) is 6.77. The predicted octanol–water partition coefficient (Wildman–Crippen LogP) is 4.60. The quantitative estimate of drug-likeness (QED) is 0.326. The lowest BCUT2D eigenvalue weighted by Crippen LogP contribution is -2.34. The normalized spacial score (nSPS) is 11.2. The Morgan fingerprint density at radius 3 is 2.18 bits per heavy atom. The summed E-state index contributed by atoms with van der Waals surface area (Å²) in [5.41, 5.74) is 0.975. The Hall–Kier alpha value is -3.01. The van der Waals surface area contributed by atoms with Crippen molar-refractivity contribution in [2.45, 2.75) is 25.2 Å². The zero-order valence-electron chi connectivity index (χ0n) is 19.5. The molecule has 1 amide bonds. The standard InChI is InChI=1S/C25H31N3O4S2/c1-5-16-28(17-6-2)34(30,31)23-13-9-21(10-14-23)26-25(33)27-24(29)20-7-11-22(12-8-20)32-18-15-19(3)4/h5-14,19H,1-2,15-18H2,3-4H3,(H2,26,27,29,33). The van der Waals surface area contributed by atoms with Crippen molar-refractivity contribution in [2.75, 3.05) is 25.0 Å². The van der Waals surface area contributed by atoms with Crippen LogP contribution in [-0.4, -0.2) is 43.4 Å². The van der Waals surface area contributed by atoms with Crippen LogP contribution in [0.25, 0.3) is 0 Å². The van der Waals surface area contributed by atoms with Crippen LogP contribution in [0, 0.1) is 5.92 Å². The SMILES string of the molecule is C=CCN(CC=C)S(=O)(=O)c1ccc(NC(=S)NC(=O)c2ccc(OCCC(C)C)cc2)cc1. The van der Waals surface area contributed by atoms with Crippen molar-refractivity contribution in [3.05, 3.63) is 79.4 Å². The van der Waals surface area contributed by atoms with E-state index in [4.69, 9.17) is 17.0 Å². The van der Waals surface area contributed by atoms with Gasteiger partial charge in [-0.2, -0.15) is 4.31 Å². The van der Waals surface area contributed by atoms with E-state index >= 15 is 0 Å². The van der Waals surface area contributed by atoms with Crippen LogP contribution in [0.5, 0.6) is 5.75 Å². The summed E-state index contributed by atoms with van der Waals surface area (Å²) in [7, 11) is -3.69. The maximum atomic E-state index is 12.8. The fourth-order valence-corrected chi connectivity index (χ4v) is 4.46. The zero-order chi connectivity index (χ0) is 25.1. The molecule has 0 saturated heterocycles. The Morgan fingerprint density at radius 2 is 1.65 bits per heavy atom. The molecule has 0 aliphatic heterocycles. The maximum Gasteiger partial charge on any atom is 0.257 e. The van der Waals surface area contributed by atoms with Crippen molar-refractivity contribution in [2.24, 2.45) is 5.92 Å². The first-order chi connectivity index (χ1) is 16.2. The molecule has 182 valence electrons. The lowest BCUT2D eigenvalue weighted by molar-refractivity contribution is 0.0977. The van der Waals surface area contributed by atoms with Gasteiger partial charge in [0.1, 0.15) is 5.75 Å². The Morgan fingerprint density at radius 1 is 1.06 bits per heavy atom. The largest absolute Gasteiger partial charge is 0.494 e. The number of nitrogens with one attached hydrogen (secondary N) is 2. The van der Waals surface area contributed by atoms with Gasteiger partial charge in [0.05, 0.1) is 11.5 Å². The van der Waals surface area contributed by atoms with Gasteiger partial charge in [-0.3, -0.25) is 10.1 Å². The third-order valence-electron chi connectivity index (χ3n) is 4.72. The summed E-state index contributed by atoms with van der Waals surface area (Å²) >= 11 is 5.22. The van der Waals surface area contributed by atoms with Gasteiger partial charge >= 0.3 is 0 Å². The van der Waals surface area contributed by atoms with Crippen LogP contribution in [0.2, 0.25) is 0 Å². The van der Waals surface area contributed by atoms with Gasteiger partial charge < -0.3 is 10.1 Å². The molecule has 2 aromatic carbocycles. The van der Waals surface area contributed by atoms with E-state index in [9.17, 15) is 13.2 Å². The van der Waals surface area contributed by atoms with Crippen LogP contribution in [0.4, 0.5) is 5.69 Å². The highest BCUT2D eigenvalue weighted by atomic mass is 32.2. The van der Waals surface area contributed by atoms with Gasteiger partial charge in [0.15, 0.2) is 5.11 Å². The van der Waals surface area contributed by atoms with Gasteiger partial charge in [0.25, 0.3) is 5.91 Å². The fourth-order valence-electron chi connectivity index (χ4n) is 2.87. The number of sulfonamides is 1. The molecule has 9 heteroatoms. The number of thiocarbonyl (C=S) groups is 1. The number of anilines is 1. The van der Waals surface area contributed by atoms with Crippen molar-refractivity contribution in [1.29, 1.82) is 0 Å². The highest BCUT2D eigenvalue weighted by molar-refractivity contribution is 7.89. The molecule has 0 aliphatic rings. The van der Waals surface area contributed by atoms with Crippen molar-refractivity contribution in [3.63, 3.8) is 0 Å². The zero-order valence-corrected chi connectivity index (χ0v) is 21.1. The summed E-state index contributed by atoms with van der Waals surface area (Å²) < 4.78 is 32.5. The molecule has 0 aliphatic carbocycles. The number of rotatable bonds is 12. The number of hydrogen-bond acceptors (Lipinski definition) is 5. The molecule has 0 unspecified atom stereocenters. The fraction of sp³-hybridized carbons (Fsp3) is 0.280. The van der Waals surface area contributed by atoms with Crippen molar-refractivity contribution >= 4 is 38.9 Å². The average Bonchev–Trinajstić information content (AvgIpc) is 2.79. The monoisotopic (exact) mass is 501 g/mol. The molecule has 2 aromatic rings. The number of nitrogens with zero attached hydrogens (tertiary/aromatic N) is 1. The van der Waals surface area contributed by atoms with Gasteiger partial charge in [-0.25, -0.2) is 8.42 Å². The molecule has 0 aromatic heterocycles. The van der Waals surface area contributed by atoms with E-state index in [1.165, 1.54) is 28.6 Å². The van der Waals surface area contributed by atoms with E-state index < -0.39 is 10.0 Å². The van der Waals surface area contributed by atoms with E-state index in [2.05, 4.69) is 37.6 Å². The van der Waals surface area contributed by atoms with Crippen molar-refractivity contribution in [1.82, 2.24) is 9.62 Å². The topological polar surface area (TPSA) is 87.7 Å². The molecule has 2 N–H and O–H groups in total. The lowest BCUT2D eigenvalue weighted by atomic mass is 10.1. The van der Waals surface area contributed by atoms with E-state index in [-0.39, 0.29) is 29.0 Å². The van der Waals surface area contributed by atoms with Crippen LogP contribution in [0.15, 0.2) is 78.7 Å². The Kier molecular flexibility index (Phi) is 10.4. The summed E-state index contributed by atoms with van der Waals surface area (Å²) in [6.07, 6.45) is 3.99. The highest BCUT2D eigenvalue weighted by Gasteiger charge is 2.22. The van der Waals surface area contributed by atoms with Crippen LogP contribution in [0.1, 0.15) is 30.6 Å². The number of carbonyl (C=O) groups is 1. The second-order valence-electron chi connectivity index (χ2n) is 7.89. The summed E-state index contributed by atoms with van der Waals surface area (Å²) in [5.74, 6) is 0.894. The minimum absolute atomic E-state index is 0.0952. The molecule has 0 heterocycles. The Bertz CT molecular complexity index is 1090. The average molecular weight is 502 g/mol. The van der Waals surface area contributed by atoms with E-state index in [0.717, 1.165) is 6.42 Å². The van der Waals surface area contributed by atoms with Gasteiger partial charge in [-0.05, 0) is 73.1 Å². The summed E-state index contributed by atoms with van der Waals surface area (Å²) in [4.78, 5) is 12.6. The van der Waals surface area contributed by atoms with Gasteiger partial charge in [-0.15, -0.1) is 13.2 Å². The molecule has 0 saturated carbocycles. The van der Waals surface area contributed by atoms with Crippen molar-refractivity contribution < 1.29 is 17.9 Å². The minimum atomic E-state index is -3.69. The van der Waals surface area contributed by atoms with Crippen LogP contribution < -0.4 is 15.4 Å². The smallest absolute Gasteiger partial charge is 0.257 e. The second-order valence-corrected chi connectivity index (χ2v) is 10.2. The highest BCUT2D eigenvalue weighted by Crippen LogP contribution is 2.19. The molecule has 0 radical (unpaired) electrons. The van der Waals surface area contributed by atoms with Gasteiger partial charge in [0.2, 0.25) is 10.0 Å². The number of benzene rings is 2. The predicted molar refractivity (Wildman–Crippen MR) is 141 cm³/mol. The van der Waals surface area contributed by atoms with E-state index in [0.29, 0.717) is 29.5 Å². The number of carbonyl (C=O) groups excluding carboxylic acids is 1. The molecule has 0 bridgehead atoms. The Balaban J connectivity index is 1.95. The molecule has 0 fully saturated rings. The van der Waals surface area contributed by atoms with Gasteiger partial charge in [0, 0.05) is 24.3 Å². The molecule has 2 rings (SSSR count). The second kappa shape index (κ2) is 13.0. The molecule has 0 atom stereocenters. The molecule has 0 spiro atoms. The molecular formula is C25H31N3O4S2. The number of ether oxygens (including phenoxy) is 1. The van der Waals surface area contributed by atoms with Crippen LogP contribution >= 0.6 is 12.2 Å². The molecule has 34 heavy (non-hydrogen) atoms.